The van der Waals surface area contributed by atoms with Crippen LogP contribution in [-0.2, 0) is 0 Å². The van der Waals surface area contributed by atoms with Gasteiger partial charge in [0.15, 0.2) is 0 Å². The molecule has 0 spiro atoms. The minimum Gasteiger partial charge on any atom is -0.493 e. The molecule has 1 aromatic heterocycles. The zero-order valence-corrected chi connectivity index (χ0v) is 11.7. The zero-order chi connectivity index (χ0) is 13.8. The van der Waals surface area contributed by atoms with Gasteiger partial charge in [-0.1, -0.05) is 13.8 Å². The van der Waals surface area contributed by atoms with Crippen LogP contribution >= 0.6 is 0 Å². The second-order valence-electron chi connectivity index (χ2n) is 5.29. The van der Waals surface area contributed by atoms with Crippen molar-refractivity contribution >= 4 is 11.0 Å². The van der Waals surface area contributed by atoms with E-state index in [1.54, 1.807) is 6.07 Å². The van der Waals surface area contributed by atoms with Crippen molar-refractivity contribution in [2.45, 2.75) is 33.6 Å². The van der Waals surface area contributed by atoms with Gasteiger partial charge in [0.05, 0.1) is 6.61 Å². The monoisotopic (exact) mass is 260 g/mol. The van der Waals surface area contributed by atoms with Crippen LogP contribution in [0.4, 0.5) is 0 Å². The Labute approximate surface area is 113 Å². The van der Waals surface area contributed by atoms with Gasteiger partial charge in [-0.15, -0.1) is 0 Å². The molecule has 19 heavy (non-hydrogen) atoms. The lowest BCUT2D eigenvalue weighted by Crippen LogP contribution is -2.01. The molecule has 102 valence electrons. The summed E-state index contributed by atoms with van der Waals surface area (Å²) in [6.07, 6.45) is 2.19. The van der Waals surface area contributed by atoms with Crippen molar-refractivity contribution in [2.75, 3.05) is 6.61 Å². The van der Waals surface area contributed by atoms with Gasteiger partial charge in [0.25, 0.3) is 0 Å². The van der Waals surface area contributed by atoms with Crippen LogP contribution in [0, 0.1) is 12.8 Å². The first-order valence-corrected chi connectivity index (χ1v) is 6.73. The molecule has 3 heteroatoms. The molecule has 1 aromatic carbocycles. The summed E-state index contributed by atoms with van der Waals surface area (Å²) in [5, 5.41) is 0.953. The van der Waals surface area contributed by atoms with E-state index in [1.807, 2.05) is 19.1 Å². The van der Waals surface area contributed by atoms with Crippen LogP contribution < -0.4 is 10.4 Å². The van der Waals surface area contributed by atoms with Crippen molar-refractivity contribution in [1.29, 1.82) is 0 Å². The third-order valence-electron chi connectivity index (χ3n) is 3.12. The number of hydrogen-bond donors (Lipinski definition) is 0. The van der Waals surface area contributed by atoms with E-state index in [9.17, 15) is 4.79 Å². The summed E-state index contributed by atoms with van der Waals surface area (Å²) in [5.74, 6) is 1.45. The van der Waals surface area contributed by atoms with Gasteiger partial charge in [0.1, 0.15) is 11.3 Å². The highest BCUT2D eigenvalue weighted by Crippen LogP contribution is 2.22. The van der Waals surface area contributed by atoms with Crippen LogP contribution in [0.5, 0.6) is 5.75 Å². The van der Waals surface area contributed by atoms with E-state index in [0.717, 1.165) is 29.5 Å². The first-order valence-electron chi connectivity index (χ1n) is 6.73. The molecular weight excluding hydrogens is 240 g/mol. The maximum Gasteiger partial charge on any atom is 0.336 e. The van der Waals surface area contributed by atoms with Crippen molar-refractivity contribution in [1.82, 2.24) is 0 Å². The van der Waals surface area contributed by atoms with Gasteiger partial charge in [-0.25, -0.2) is 4.79 Å². The Hall–Kier alpha value is -1.77. The van der Waals surface area contributed by atoms with Gasteiger partial charge in [-0.3, -0.25) is 0 Å². The van der Waals surface area contributed by atoms with Crippen LogP contribution in [0.15, 0.2) is 33.5 Å². The minimum absolute atomic E-state index is 0.318. The summed E-state index contributed by atoms with van der Waals surface area (Å²) in [4.78, 5) is 11.3. The molecule has 3 nitrogen and oxygen atoms in total. The number of benzene rings is 1. The number of rotatable bonds is 5. The summed E-state index contributed by atoms with van der Waals surface area (Å²) >= 11 is 0. The molecule has 0 atom stereocenters. The Morgan fingerprint density at radius 2 is 2.05 bits per heavy atom. The summed E-state index contributed by atoms with van der Waals surface area (Å²) in [6.45, 7) is 7.00. The highest BCUT2D eigenvalue weighted by Gasteiger charge is 2.04. The maximum atomic E-state index is 11.3. The third kappa shape index (κ3) is 3.60. The molecule has 0 saturated heterocycles. The van der Waals surface area contributed by atoms with Crippen molar-refractivity contribution in [2.24, 2.45) is 5.92 Å². The molecule has 0 amide bonds. The molecule has 2 rings (SSSR count). The van der Waals surface area contributed by atoms with Gasteiger partial charge in [-0.05, 0) is 43.4 Å². The Balaban J connectivity index is 2.11. The summed E-state index contributed by atoms with van der Waals surface area (Å²) < 4.78 is 10.9. The van der Waals surface area contributed by atoms with Gasteiger partial charge in [0.2, 0.25) is 0 Å². The molecule has 0 radical (unpaired) electrons. The molecule has 0 aliphatic rings. The molecule has 0 unspecified atom stereocenters. The second-order valence-corrected chi connectivity index (χ2v) is 5.29. The fraction of sp³-hybridized carbons (Fsp3) is 0.438. The van der Waals surface area contributed by atoms with Crippen LogP contribution in [0.25, 0.3) is 11.0 Å². The van der Waals surface area contributed by atoms with Crippen molar-refractivity contribution < 1.29 is 9.15 Å². The molecule has 0 aliphatic carbocycles. The predicted octanol–water partition coefficient (Wildman–Crippen LogP) is 3.92. The Morgan fingerprint density at radius 1 is 1.26 bits per heavy atom. The smallest absolute Gasteiger partial charge is 0.336 e. The maximum absolute atomic E-state index is 11.3. The van der Waals surface area contributed by atoms with E-state index >= 15 is 0 Å². The molecular formula is C16H20O3. The zero-order valence-electron chi connectivity index (χ0n) is 11.7. The Morgan fingerprint density at radius 3 is 2.79 bits per heavy atom. The van der Waals surface area contributed by atoms with Crippen molar-refractivity contribution in [3.8, 4) is 5.75 Å². The van der Waals surface area contributed by atoms with Crippen LogP contribution in [0.2, 0.25) is 0 Å². The first-order chi connectivity index (χ1) is 9.06. The topological polar surface area (TPSA) is 39.4 Å². The van der Waals surface area contributed by atoms with Gasteiger partial charge in [0, 0.05) is 17.5 Å². The van der Waals surface area contributed by atoms with Gasteiger partial charge < -0.3 is 9.15 Å². The molecule has 0 bridgehead atoms. The van der Waals surface area contributed by atoms with E-state index in [4.69, 9.17) is 9.15 Å². The largest absolute Gasteiger partial charge is 0.493 e. The summed E-state index contributed by atoms with van der Waals surface area (Å²) in [6, 6.07) is 7.15. The van der Waals surface area contributed by atoms with E-state index in [1.165, 1.54) is 6.07 Å². The first kappa shape index (κ1) is 13.7. The van der Waals surface area contributed by atoms with Gasteiger partial charge >= 0.3 is 5.63 Å². The number of fused-ring (bicyclic) bond motifs is 1. The number of ether oxygens (including phenoxy) is 1. The molecule has 0 N–H and O–H groups in total. The Bertz CT molecular complexity index is 611. The second kappa shape index (κ2) is 5.91. The average Bonchev–Trinajstić information content (AvgIpc) is 2.33. The van der Waals surface area contributed by atoms with E-state index < -0.39 is 0 Å². The van der Waals surface area contributed by atoms with E-state index in [-0.39, 0.29) is 5.63 Å². The normalized spacial score (nSPS) is 11.2. The van der Waals surface area contributed by atoms with E-state index in [2.05, 4.69) is 13.8 Å². The van der Waals surface area contributed by atoms with Crippen molar-refractivity contribution in [3.05, 3.63) is 40.2 Å². The predicted molar refractivity (Wildman–Crippen MR) is 76.8 cm³/mol. The average molecular weight is 260 g/mol. The molecule has 2 aromatic rings. The number of hydrogen-bond acceptors (Lipinski definition) is 3. The highest BCUT2D eigenvalue weighted by molar-refractivity contribution is 5.81. The SMILES string of the molecule is Cc1cc(=O)oc2cc(OCCCC(C)C)ccc12. The fourth-order valence-corrected chi connectivity index (χ4v) is 2.08. The lowest BCUT2D eigenvalue weighted by molar-refractivity contribution is 0.297. The Kier molecular flexibility index (Phi) is 4.25. The van der Waals surface area contributed by atoms with E-state index in [0.29, 0.717) is 18.1 Å². The van der Waals surface area contributed by atoms with Crippen LogP contribution in [-0.4, -0.2) is 6.61 Å². The van der Waals surface area contributed by atoms with Crippen molar-refractivity contribution in [3.63, 3.8) is 0 Å². The van der Waals surface area contributed by atoms with Gasteiger partial charge in [-0.2, -0.15) is 0 Å². The standard InChI is InChI=1S/C16H20O3/c1-11(2)5-4-8-18-13-6-7-14-12(3)9-16(17)19-15(14)10-13/h6-7,9-11H,4-5,8H2,1-3H3. The fourth-order valence-electron chi connectivity index (χ4n) is 2.08. The lowest BCUT2D eigenvalue weighted by Gasteiger charge is -2.08. The van der Waals surface area contributed by atoms with Crippen LogP contribution in [0.1, 0.15) is 32.3 Å². The molecule has 0 fully saturated rings. The minimum atomic E-state index is -0.318. The third-order valence-corrected chi connectivity index (χ3v) is 3.12. The summed E-state index contributed by atoms with van der Waals surface area (Å²) in [7, 11) is 0. The van der Waals surface area contributed by atoms with Crippen LogP contribution in [0.3, 0.4) is 0 Å². The molecule has 0 aliphatic heterocycles. The quantitative estimate of drug-likeness (QED) is 0.604. The lowest BCUT2D eigenvalue weighted by atomic mass is 10.1. The molecule has 0 saturated carbocycles. The summed E-state index contributed by atoms with van der Waals surface area (Å²) in [5.41, 5.74) is 1.20. The molecule has 1 heterocycles. The highest BCUT2D eigenvalue weighted by atomic mass is 16.5. The number of aryl methyl sites for hydroxylation is 1.